The number of carbonyl (C=O) groups is 2. The molecule has 0 radical (unpaired) electrons. The highest BCUT2D eigenvalue weighted by molar-refractivity contribution is 6.06. The van der Waals surface area contributed by atoms with Crippen LogP contribution in [0.15, 0.2) is 131 Å². The molecule has 0 amide bonds. The molecule has 4 aromatic carbocycles. The average molecular weight is 833 g/mol. The summed E-state index contributed by atoms with van der Waals surface area (Å²) in [5.74, 6) is 3.12. The number of hydrogen-bond donors (Lipinski definition) is 1. The van der Waals surface area contributed by atoms with E-state index in [4.69, 9.17) is 18.3 Å². The van der Waals surface area contributed by atoms with E-state index in [-0.39, 0.29) is 17.9 Å². The van der Waals surface area contributed by atoms with Crippen LogP contribution in [0.2, 0.25) is 0 Å². The molecule has 0 fully saturated rings. The Morgan fingerprint density at radius 3 is 1.50 bits per heavy atom. The van der Waals surface area contributed by atoms with Gasteiger partial charge in [-0.15, -0.1) is 15.3 Å². The first kappa shape index (κ1) is 42.2. The lowest BCUT2D eigenvalue weighted by Crippen LogP contribution is -2.03. The Labute approximate surface area is 357 Å². The van der Waals surface area contributed by atoms with E-state index in [0.717, 1.165) is 45.4 Å². The fourth-order valence-corrected chi connectivity index (χ4v) is 6.50. The molecule has 0 unspecified atom stereocenters. The molecule has 0 saturated heterocycles. The van der Waals surface area contributed by atoms with Gasteiger partial charge in [-0.05, 0) is 92.7 Å². The molecule has 0 aliphatic carbocycles. The molecule has 314 valence electrons. The van der Waals surface area contributed by atoms with E-state index in [2.05, 4.69) is 36.9 Å². The Morgan fingerprint density at radius 1 is 0.613 bits per heavy atom. The molecule has 62 heavy (non-hydrogen) atoms. The summed E-state index contributed by atoms with van der Waals surface area (Å²) in [6.45, 7) is 12.0. The Hall–Kier alpha value is -7.94. The van der Waals surface area contributed by atoms with Crippen LogP contribution in [0.1, 0.15) is 50.9 Å². The monoisotopic (exact) mass is 832 g/mol. The van der Waals surface area contributed by atoms with Gasteiger partial charge in [-0.2, -0.15) is 14.7 Å². The topological polar surface area (TPSA) is 186 Å². The number of hydrogen-bond acceptors (Lipinski definition) is 12. The van der Waals surface area contributed by atoms with E-state index in [0.29, 0.717) is 66.4 Å². The fraction of sp³-hybridized carbons (Fsp3) is 0.191. The third kappa shape index (κ3) is 10.4. The van der Waals surface area contributed by atoms with Crippen LogP contribution >= 0.6 is 0 Å². The highest BCUT2D eigenvalue weighted by Crippen LogP contribution is 2.27. The van der Waals surface area contributed by atoms with E-state index in [1.165, 1.54) is 15.7 Å². The van der Waals surface area contributed by atoms with E-state index in [1.807, 2.05) is 137 Å². The highest BCUT2D eigenvalue weighted by Gasteiger charge is 2.20. The van der Waals surface area contributed by atoms with Gasteiger partial charge in [0.25, 0.3) is 0 Å². The fourth-order valence-electron chi connectivity index (χ4n) is 6.50. The summed E-state index contributed by atoms with van der Waals surface area (Å²) >= 11 is 0. The first-order valence-electron chi connectivity index (χ1n) is 19.8. The van der Waals surface area contributed by atoms with Crippen molar-refractivity contribution in [3.8, 4) is 45.4 Å². The first-order chi connectivity index (χ1) is 30.0. The minimum atomic E-state index is -0.959. The second-order valence-electron chi connectivity index (χ2n) is 14.0. The van der Waals surface area contributed by atoms with Gasteiger partial charge in [-0.1, -0.05) is 43.0 Å². The molecule has 8 rings (SSSR count). The zero-order valence-electron chi connectivity index (χ0n) is 34.7. The molecule has 1 N–H and O–H groups in total. The van der Waals surface area contributed by atoms with Crippen molar-refractivity contribution >= 4 is 11.8 Å². The van der Waals surface area contributed by atoms with Gasteiger partial charge >= 0.3 is 5.97 Å². The van der Waals surface area contributed by atoms with Gasteiger partial charge in [0.1, 0.15) is 40.1 Å². The van der Waals surface area contributed by atoms with Crippen molar-refractivity contribution < 1.29 is 33.0 Å². The summed E-state index contributed by atoms with van der Waals surface area (Å²) < 4.78 is 22.5. The van der Waals surface area contributed by atoms with Gasteiger partial charge in [0, 0.05) is 37.8 Å². The maximum atomic E-state index is 12.4. The number of aliphatic carboxylic acids is 1. The van der Waals surface area contributed by atoms with Crippen LogP contribution in [0.5, 0.6) is 11.5 Å². The van der Waals surface area contributed by atoms with E-state index >= 15 is 0 Å². The molecular weight excluding hydrogens is 789 g/mol. The third-order valence-corrected chi connectivity index (χ3v) is 9.48. The minimum Gasteiger partial charge on any atom is -0.493 e. The highest BCUT2D eigenvalue weighted by atomic mass is 16.5. The number of allylic oxidation sites excluding steroid dienone is 1. The van der Waals surface area contributed by atoms with Gasteiger partial charge in [0.05, 0.1) is 42.4 Å². The van der Waals surface area contributed by atoms with Gasteiger partial charge in [-0.3, -0.25) is 9.59 Å². The molecule has 0 aliphatic rings. The molecule has 15 heteroatoms. The Kier molecular flexibility index (Phi) is 13.2. The number of ketones is 1. The predicted molar refractivity (Wildman–Crippen MR) is 230 cm³/mol. The number of carboxylic acids is 1. The second kappa shape index (κ2) is 19.4. The number of ether oxygens (including phenoxy) is 2. The lowest BCUT2D eigenvalue weighted by atomic mass is 10.1. The predicted octanol–water partition coefficient (Wildman–Crippen LogP) is 8.32. The standard InChI is InChI=1S/C24H22N4O3.C23H22N4O4/c1-4-22(29)24-23(26-28(27-24)19-8-6-5-7-9-19)18-10-12-20(13-11-18)30-15-14-21-16(2)31-17(3)25-21;1-15-20(24-16(2)31-15)12-13-30-19-10-8-17(9-11-19)23-21(14-22(28)29)25-27(26-23)18-6-4-3-5-7-18/h4-13H,1,14-15H2,2-3H3;3-11H,12-14H2,1-2H3,(H,28,29). The molecule has 4 aromatic heterocycles. The zero-order valence-corrected chi connectivity index (χ0v) is 34.7. The molecule has 8 aromatic rings. The Morgan fingerprint density at radius 2 is 1.06 bits per heavy atom. The van der Waals surface area contributed by atoms with Crippen molar-refractivity contribution in [3.63, 3.8) is 0 Å². The quantitative estimate of drug-likeness (QED) is 0.0724. The van der Waals surface area contributed by atoms with Gasteiger partial charge in [0.2, 0.25) is 5.78 Å². The van der Waals surface area contributed by atoms with Crippen molar-refractivity contribution in [2.75, 3.05) is 13.2 Å². The minimum absolute atomic E-state index is 0.211. The summed E-state index contributed by atoms with van der Waals surface area (Å²) in [6.07, 6.45) is 2.35. The number of aryl methyl sites for hydroxylation is 4. The number of aromatic nitrogens is 8. The molecule has 0 atom stereocenters. The van der Waals surface area contributed by atoms with Crippen LogP contribution < -0.4 is 9.47 Å². The van der Waals surface area contributed by atoms with Crippen LogP contribution in [0.25, 0.3) is 33.9 Å². The van der Waals surface area contributed by atoms with E-state index in [9.17, 15) is 14.7 Å². The van der Waals surface area contributed by atoms with Gasteiger partial charge < -0.3 is 23.4 Å². The number of oxazole rings is 2. The molecule has 0 spiro atoms. The first-order valence-corrected chi connectivity index (χ1v) is 19.8. The molecule has 4 heterocycles. The third-order valence-electron chi connectivity index (χ3n) is 9.48. The van der Waals surface area contributed by atoms with Crippen LogP contribution in [-0.2, 0) is 24.1 Å². The van der Waals surface area contributed by atoms with Crippen molar-refractivity contribution in [2.24, 2.45) is 0 Å². The maximum absolute atomic E-state index is 12.4. The number of nitrogens with zero attached hydrogens (tertiary/aromatic N) is 8. The lowest BCUT2D eigenvalue weighted by Gasteiger charge is -2.06. The molecule has 0 bridgehead atoms. The summed E-state index contributed by atoms with van der Waals surface area (Å²) in [4.78, 5) is 35.3. The summed E-state index contributed by atoms with van der Waals surface area (Å²) in [7, 11) is 0. The van der Waals surface area contributed by atoms with Crippen LogP contribution in [0.3, 0.4) is 0 Å². The van der Waals surface area contributed by atoms with Crippen molar-refractivity contribution in [1.29, 1.82) is 0 Å². The van der Waals surface area contributed by atoms with E-state index in [1.54, 1.807) is 0 Å². The average Bonchev–Trinajstić information content (AvgIpc) is 4.07. The number of carbonyl (C=O) groups excluding carboxylic acids is 1. The summed E-state index contributed by atoms with van der Waals surface area (Å²) in [5, 5.41) is 27.1. The van der Waals surface area contributed by atoms with Crippen LogP contribution in [-0.4, -0.2) is 70.0 Å². The molecule has 0 aliphatic heterocycles. The van der Waals surface area contributed by atoms with Crippen LogP contribution in [0.4, 0.5) is 0 Å². The second-order valence-corrected chi connectivity index (χ2v) is 14.0. The Bertz CT molecular complexity index is 2770. The summed E-state index contributed by atoms with van der Waals surface area (Å²) in [5.41, 5.74) is 6.55. The van der Waals surface area contributed by atoms with Gasteiger partial charge in [-0.25, -0.2) is 9.97 Å². The summed E-state index contributed by atoms with van der Waals surface area (Å²) in [6, 6.07) is 33.6. The lowest BCUT2D eigenvalue weighted by molar-refractivity contribution is -0.136. The maximum Gasteiger partial charge on any atom is 0.309 e. The zero-order chi connectivity index (χ0) is 43.6. The van der Waals surface area contributed by atoms with Gasteiger partial charge in [0.15, 0.2) is 17.5 Å². The SMILES string of the molecule is C=CC(=O)c1nn(-c2ccccc2)nc1-c1ccc(OCCc2nc(C)oc2C)cc1.Cc1nc(CCOc2ccc(-c3nn(-c4ccccc4)nc3CC(=O)O)cc2)c(C)o1. The normalized spacial score (nSPS) is 10.8. The molecular formula is C47H44N8O7. The number of rotatable bonds is 16. The largest absolute Gasteiger partial charge is 0.493 e. The van der Waals surface area contributed by atoms with E-state index < -0.39 is 5.97 Å². The van der Waals surface area contributed by atoms with Crippen molar-refractivity contribution in [3.05, 3.63) is 168 Å². The smallest absolute Gasteiger partial charge is 0.309 e. The molecule has 15 nitrogen and oxygen atoms in total. The van der Waals surface area contributed by atoms with Crippen molar-refractivity contribution in [1.82, 2.24) is 40.0 Å². The van der Waals surface area contributed by atoms with Crippen LogP contribution in [0, 0.1) is 27.7 Å². The Balaban J connectivity index is 0.000000186. The number of carboxylic acid groups (broad SMARTS) is 1. The molecule has 0 saturated carbocycles. The van der Waals surface area contributed by atoms with Crippen molar-refractivity contribution in [2.45, 2.75) is 47.0 Å². The number of benzene rings is 4. The number of para-hydroxylation sites is 2.